The van der Waals surface area contributed by atoms with Crippen molar-refractivity contribution in [2.45, 2.75) is 63.2 Å². The zero-order chi connectivity index (χ0) is 28.6. The van der Waals surface area contributed by atoms with Gasteiger partial charge in [-0.3, -0.25) is 9.80 Å². The SMILES string of the molecule is CCCN(CCC)CCOc1c(Cl)c(Sc2ccccc2N)c(OCCN(CCC)CCC)c(C#N)c1C#N. The second-order valence-corrected chi connectivity index (χ2v) is 10.7. The number of rotatable bonds is 18. The van der Waals surface area contributed by atoms with Crippen molar-refractivity contribution in [2.24, 2.45) is 0 Å². The minimum atomic E-state index is 0.0967. The Bertz CT molecular complexity index is 1120. The Morgan fingerprint density at radius 2 is 1.23 bits per heavy atom. The van der Waals surface area contributed by atoms with Crippen molar-refractivity contribution in [3.63, 3.8) is 0 Å². The Kier molecular flexibility index (Phi) is 14.9. The molecule has 0 bridgehead atoms. The molecule has 0 aromatic heterocycles. The summed E-state index contributed by atoms with van der Waals surface area (Å²) in [5, 5.41) is 20.5. The third-order valence-electron chi connectivity index (χ3n) is 6.13. The zero-order valence-electron chi connectivity index (χ0n) is 23.8. The molecule has 0 amide bonds. The average Bonchev–Trinajstić information content (AvgIpc) is 2.92. The van der Waals surface area contributed by atoms with E-state index in [0.717, 1.165) is 56.8 Å². The number of para-hydroxylation sites is 1. The van der Waals surface area contributed by atoms with E-state index in [4.69, 9.17) is 26.8 Å². The number of benzene rings is 2. The number of nitriles is 2. The van der Waals surface area contributed by atoms with E-state index < -0.39 is 0 Å². The lowest BCUT2D eigenvalue weighted by Crippen LogP contribution is -2.30. The molecule has 0 aliphatic rings. The molecule has 9 heteroatoms. The number of anilines is 1. The van der Waals surface area contributed by atoms with Crippen LogP contribution in [0.2, 0.25) is 5.02 Å². The van der Waals surface area contributed by atoms with Crippen LogP contribution < -0.4 is 15.2 Å². The van der Waals surface area contributed by atoms with Crippen molar-refractivity contribution in [1.82, 2.24) is 9.80 Å². The molecule has 7 nitrogen and oxygen atoms in total. The molecule has 0 spiro atoms. The predicted octanol–water partition coefficient (Wildman–Crippen LogP) is 6.82. The molecule has 0 aliphatic heterocycles. The van der Waals surface area contributed by atoms with Crippen molar-refractivity contribution in [1.29, 1.82) is 10.5 Å². The molecule has 0 saturated carbocycles. The first-order valence-corrected chi connectivity index (χ1v) is 15.1. The maximum absolute atomic E-state index is 10.2. The van der Waals surface area contributed by atoms with Gasteiger partial charge in [0.2, 0.25) is 0 Å². The third-order valence-corrected chi connectivity index (χ3v) is 7.79. The van der Waals surface area contributed by atoms with Gasteiger partial charge in [-0.1, -0.05) is 63.2 Å². The molecule has 0 atom stereocenters. The van der Waals surface area contributed by atoms with Crippen LogP contribution in [0.5, 0.6) is 11.5 Å². The number of nitrogens with two attached hydrogens (primary N) is 1. The Morgan fingerprint density at radius 1 is 0.769 bits per heavy atom. The van der Waals surface area contributed by atoms with Gasteiger partial charge in [0.1, 0.15) is 41.5 Å². The molecule has 212 valence electrons. The molecular weight excluding hydrogens is 530 g/mol. The highest BCUT2D eigenvalue weighted by Crippen LogP contribution is 2.49. The van der Waals surface area contributed by atoms with Gasteiger partial charge in [0.25, 0.3) is 0 Å². The van der Waals surface area contributed by atoms with Gasteiger partial charge in [0.05, 0.1) is 4.90 Å². The maximum Gasteiger partial charge on any atom is 0.158 e. The Balaban J connectivity index is 2.49. The van der Waals surface area contributed by atoms with Crippen LogP contribution in [0, 0.1) is 22.7 Å². The fourth-order valence-corrected chi connectivity index (χ4v) is 5.74. The highest BCUT2D eigenvalue weighted by atomic mass is 35.5. The summed E-state index contributed by atoms with van der Waals surface area (Å²) in [4.78, 5) is 5.95. The highest BCUT2D eigenvalue weighted by molar-refractivity contribution is 7.99. The summed E-state index contributed by atoms with van der Waals surface area (Å²) in [5.74, 6) is 0.512. The van der Waals surface area contributed by atoms with Crippen LogP contribution in [-0.2, 0) is 0 Å². The van der Waals surface area contributed by atoms with Crippen molar-refractivity contribution in [3.8, 4) is 23.6 Å². The summed E-state index contributed by atoms with van der Waals surface area (Å²) in [6, 6.07) is 11.8. The quantitative estimate of drug-likeness (QED) is 0.195. The van der Waals surface area contributed by atoms with Gasteiger partial charge in [-0.2, -0.15) is 10.5 Å². The summed E-state index contributed by atoms with van der Waals surface area (Å²) in [6.45, 7) is 14.6. The standard InChI is InChI=1S/C30H42ClN5O2S/c1-5-13-35(14-6-2)17-19-37-28-23(21-32)24(22-33)29(38-20-18-36(15-7-3)16-8-4)30(27(28)31)39-26-12-10-9-11-25(26)34/h9-12H,5-8,13-20,34H2,1-4H3. The van der Waals surface area contributed by atoms with Gasteiger partial charge < -0.3 is 15.2 Å². The monoisotopic (exact) mass is 571 g/mol. The predicted molar refractivity (Wildman–Crippen MR) is 161 cm³/mol. The summed E-state index contributed by atoms with van der Waals surface area (Å²) in [6.07, 6.45) is 4.18. The summed E-state index contributed by atoms with van der Waals surface area (Å²) < 4.78 is 12.4. The number of ether oxygens (including phenoxy) is 2. The van der Waals surface area contributed by atoms with Gasteiger partial charge >= 0.3 is 0 Å². The summed E-state index contributed by atoms with van der Waals surface area (Å²) in [7, 11) is 0. The Hall–Kier alpha value is -2.62. The maximum atomic E-state index is 10.2. The van der Waals surface area contributed by atoms with Gasteiger partial charge in [-0.25, -0.2) is 0 Å². The van der Waals surface area contributed by atoms with E-state index in [0.29, 0.717) is 42.6 Å². The molecule has 2 rings (SSSR count). The van der Waals surface area contributed by atoms with Crippen molar-refractivity contribution in [2.75, 3.05) is 58.2 Å². The van der Waals surface area contributed by atoms with Gasteiger partial charge in [0.15, 0.2) is 11.5 Å². The van der Waals surface area contributed by atoms with Crippen LogP contribution >= 0.6 is 23.4 Å². The van der Waals surface area contributed by atoms with E-state index in [1.54, 1.807) is 0 Å². The van der Waals surface area contributed by atoms with Crippen molar-refractivity contribution in [3.05, 3.63) is 40.4 Å². The number of halogens is 1. The molecule has 0 radical (unpaired) electrons. The molecule has 2 N–H and O–H groups in total. The van der Waals surface area contributed by atoms with E-state index in [-0.39, 0.29) is 21.9 Å². The van der Waals surface area contributed by atoms with Crippen LogP contribution in [0.15, 0.2) is 34.1 Å². The van der Waals surface area contributed by atoms with Gasteiger partial charge in [-0.05, 0) is 64.0 Å². The Morgan fingerprint density at radius 3 is 1.69 bits per heavy atom. The molecule has 0 fully saturated rings. The first-order chi connectivity index (χ1) is 18.9. The zero-order valence-corrected chi connectivity index (χ0v) is 25.3. The molecule has 2 aromatic rings. The lowest BCUT2D eigenvalue weighted by atomic mass is 10.1. The molecule has 2 aromatic carbocycles. The van der Waals surface area contributed by atoms with Crippen LogP contribution in [0.25, 0.3) is 0 Å². The van der Waals surface area contributed by atoms with Gasteiger partial charge in [-0.15, -0.1) is 0 Å². The molecule has 0 saturated heterocycles. The van der Waals surface area contributed by atoms with Crippen LogP contribution in [0.3, 0.4) is 0 Å². The second-order valence-electron chi connectivity index (χ2n) is 9.30. The fourth-order valence-electron chi connectivity index (χ4n) is 4.40. The smallest absolute Gasteiger partial charge is 0.158 e. The molecule has 0 heterocycles. The number of nitrogen functional groups attached to an aromatic ring is 1. The topological polar surface area (TPSA) is 98.5 Å². The van der Waals surface area contributed by atoms with Crippen molar-refractivity contribution >= 4 is 29.1 Å². The number of hydrogen-bond acceptors (Lipinski definition) is 8. The number of nitrogens with zero attached hydrogens (tertiary/aromatic N) is 4. The highest BCUT2D eigenvalue weighted by Gasteiger charge is 2.27. The average molecular weight is 572 g/mol. The van der Waals surface area contributed by atoms with Crippen LogP contribution in [0.4, 0.5) is 5.69 Å². The minimum Gasteiger partial charge on any atom is -0.490 e. The summed E-state index contributed by atoms with van der Waals surface area (Å²) in [5.41, 5.74) is 7.06. The molecule has 0 aliphatic carbocycles. The first kappa shape index (κ1) is 32.6. The van der Waals surface area contributed by atoms with E-state index in [1.165, 1.54) is 11.8 Å². The Labute approximate surface area is 243 Å². The lowest BCUT2D eigenvalue weighted by molar-refractivity contribution is 0.203. The molecular formula is C30H42ClN5O2S. The van der Waals surface area contributed by atoms with Crippen LogP contribution in [-0.4, -0.2) is 62.3 Å². The van der Waals surface area contributed by atoms with Gasteiger partial charge in [0, 0.05) is 23.7 Å². The van der Waals surface area contributed by atoms with E-state index in [9.17, 15) is 10.5 Å². The fraction of sp³-hybridized carbons (Fsp3) is 0.533. The van der Waals surface area contributed by atoms with E-state index in [2.05, 4.69) is 49.6 Å². The third kappa shape index (κ3) is 9.51. The van der Waals surface area contributed by atoms with E-state index >= 15 is 0 Å². The number of hydrogen-bond donors (Lipinski definition) is 1. The minimum absolute atomic E-state index is 0.0967. The normalized spacial score (nSPS) is 11.0. The molecule has 39 heavy (non-hydrogen) atoms. The van der Waals surface area contributed by atoms with E-state index in [1.807, 2.05) is 24.3 Å². The molecule has 0 unspecified atom stereocenters. The second kappa shape index (κ2) is 17.9. The van der Waals surface area contributed by atoms with Crippen molar-refractivity contribution < 1.29 is 9.47 Å². The lowest BCUT2D eigenvalue weighted by Gasteiger charge is -2.24. The summed E-state index contributed by atoms with van der Waals surface area (Å²) >= 11 is 8.28. The van der Waals surface area contributed by atoms with Crippen LogP contribution in [0.1, 0.15) is 64.5 Å². The first-order valence-electron chi connectivity index (χ1n) is 13.9. The largest absolute Gasteiger partial charge is 0.490 e.